The van der Waals surface area contributed by atoms with E-state index in [0.717, 1.165) is 16.4 Å². The van der Waals surface area contributed by atoms with E-state index in [4.69, 9.17) is 4.52 Å². The van der Waals surface area contributed by atoms with Crippen LogP contribution < -0.4 is 5.30 Å². The second kappa shape index (κ2) is 3.95. The first kappa shape index (κ1) is 11.2. The van der Waals surface area contributed by atoms with E-state index >= 15 is 0 Å². The lowest BCUT2D eigenvalue weighted by molar-refractivity contribution is 0.428. The van der Waals surface area contributed by atoms with Crippen molar-refractivity contribution in [1.82, 2.24) is 0 Å². The fourth-order valence-corrected chi connectivity index (χ4v) is 3.87. The van der Waals surface area contributed by atoms with E-state index in [1.807, 2.05) is 44.2 Å². The molecule has 2 nitrogen and oxygen atoms in total. The Morgan fingerprint density at radius 3 is 2.75 bits per heavy atom. The van der Waals surface area contributed by atoms with Crippen LogP contribution in [0.3, 0.4) is 0 Å². The lowest BCUT2D eigenvalue weighted by atomic mass is 10.0. The summed E-state index contributed by atoms with van der Waals surface area (Å²) >= 11 is 0. The number of rotatable bonds is 1. The van der Waals surface area contributed by atoms with Crippen molar-refractivity contribution < 1.29 is 9.09 Å². The molecule has 0 aromatic heterocycles. The topological polar surface area (TPSA) is 26.3 Å². The van der Waals surface area contributed by atoms with E-state index in [1.54, 1.807) is 0 Å². The summed E-state index contributed by atoms with van der Waals surface area (Å²) in [7, 11) is -2.73. The molecule has 84 valence electrons. The molecule has 0 spiro atoms. The van der Waals surface area contributed by atoms with Crippen LogP contribution in [0.5, 0.6) is 0 Å². The summed E-state index contributed by atoms with van der Waals surface area (Å²) in [6, 6.07) is 7.70. The molecule has 0 amide bonds. The Kier molecular flexibility index (Phi) is 2.77. The van der Waals surface area contributed by atoms with Gasteiger partial charge in [0.15, 0.2) is 0 Å². The van der Waals surface area contributed by atoms with Crippen LogP contribution in [-0.4, -0.2) is 6.16 Å². The van der Waals surface area contributed by atoms with Crippen LogP contribution in [0.2, 0.25) is 0 Å². The van der Waals surface area contributed by atoms with Crippen LogP contribution in [-0.2, 0) is 9.09 Å². The lowest BCUT2D eigenvalue weighted by Gasteiger charge is -2.29. The second-order valence-corrected chi connectivity index (χ2v) is 6.37. The van der Waals surface area contributed by atoms with E-state index in [9.17, 15) is 4.57 Å². The normalized spacial score (nSPS) is 26.4. The molecule has 0 fully saturated rings. The highest BCUT2D eigenvalue weighted by atomic mass is 31.2. The largest absolute Gasteiger partial charge is 0.440 e. The van der Waals surface area contributed by atoms with Crippen molar-refractivity contribution in [3.05, 3.63) is 48.2 Å². The van der Waals surface area contributed by atoms with Crippen LogP contribution in [0, 0.1) is 0 Å². The quantitative estimate of drug-likeness (QED) is 0.694. The Hall–Kier alpha value is -1.27. The summed E-state index contributed by atoms with van der Waals surface area (Å²) in [5.74, 6) is 0.520. The molecule has 2 rings (SSSR count). The van der Waals surface area contributed by atoms with Crippen molar-refractivity contribution >= 4 is 18.2 Å². The van der Waals surface area contributed by atoms with Gasteiger partial charge >= 0.3 is 0 Å². The second-order valence-electron chi connectivity index (χ2n) is 3.72. The van der Waals surface area contributed by atoms with Gasteiger partial charge in [0.1, 0.15) is 5.76 Å². The molecule has 1 unspecified atom stereocenters. The van der Waals surface area contributed by atoms with Crippen molar-refractivity contribution in [2.45, 2.75) is 13.8 Å². The predicted octanol–water partition coefficient (Wildman–Crippen LogP) is 3.56. The zero-order valence-corrected chi connectivity index (χ0v) is 10.5. The maximum Gasteiger partial charge on any atom is 0.277 e. The zero-order valence-electron chi connectivity index (χ0n) is 9.56. The first-order valence-electron chi connectivity index (χ1n) is 5.36. The van der Waals surface area contributed by atoms with Gasteiger partial charge in [-0.15, -0.1) is 0 Å². The van der Waals surface area contributed by atoms with Gasteiger partial charge < -0.3 is 4.52 Å². The molecule has 1 aliphatic rings. The van der Waals surface area contributed by atoms with Gasteiger partial charge in [0, 0.05) is 11.7 Å². The molecule has 1 aliphatic heterocycles. The highest BCUT2D eigenvalue weighted by Gasteiger charge is 2.34. The van der Waals surface area contributed by atoms with E-state index in [0.29, 0.717) is 11.9 Å². The molecule has 0 aliphatic carbocycles. The van der Waals surface area contributed by atoms with Gasteiger partial charge in [-0.2, -0.15) is 0 Å². The molecule has 1 aromatic carbocycles. The molecule has 0 N–H and O–H groups in total. The summed E-state index contributed by atoms with van der Waals surface area (Å²) in [5.41, 5.74) is 1.93. The SMILES string of the molecule is C=C1OP(=O)(CC)c2ccccc2/C1=C/C. The summed E-state index contributed by atoms with van der Waals surface area (Å²) < 4.78 is 18.1. The molecular formula is C13H15O2P. The van der Waals surface area contributed by atoms with Crippen molar-refractivity contribution in [3.8, 4) is 0 Å². The Morgan fingerprint density at radius 2 is 2.12 bits per heavy atom. The standard InChI is InChI=1S/C13H15O2P/c1-4-11-10(3)15-16(14,5-2)13-9-7-6-8-12(11)13/h4,6-9H,3,5H2,1-2H3/b11-4+. The third-order valence-electron chi connectivity index (χ3n) is 2.82. The number of benzene rings is 1. The van der Waals surface area contributed by atoms with Gasteiger partial charge in [-0.25, -0.2) is 0 Å². The first-order chi connectivity index (χ1) is 7.62. The summed E-state index contributed by atoms with van der Waals surface area (Å²) in [6.45, 7) is 7.66. The maximum absolute atomic E-state index is 12.6. The highest BCUT2D eigenvalue weighted by molar-refractivity contribution is 7.67. The lowest BCUT2D eigenvalue weighted by Crippen LogP contribution is -2.19. The molecule has 1 heterocycles. The van der Waals surface area contributed by atoms with Gasteiger partial charge in [-0.1, -0.05) is 37.8 Å². The molecule has 16 heavy (non-hydrogen) atoms. The van der Waals surface area contributed by atoms with Gasteiger partial charge in [-0.05, 0) is 18.6 Å². The number of hydrogen-bond acceptors (Lipinski definition) is 2. The third-order valence-corrected chi connectivity index (χ3v) is 5.30. The molecule has 0 radical (unpaired) electrons. The average Bonchev–Trinajstić information content (AvgIpc) is 2.30. The van der Waals surface area contributed by atoms with Crippen molar-refractivity contribution in [2.75, 3.05) is 6.16 Å². The van der Waals surface area contributed by atoms with Crippen LogP contribution in [0.4, 0.5) is 0 Å². The molecule has 0 bridgehead atoms. The van der Waals surface area contributed by atoms with Crippen molar-refractivity contribution in [1.29, 1.82) is 0 Å². The third kappa shape index (κ3) is 1.54. The zero-order chi connectivity index (χ0) is 11.8. The van der Waals surface area contributed by atoms with Gasteiger partial charge in [0.2, 0.25) is 0 Å². The van der Waals surface area contributed by atoms with Crippen LogP contribution in [0.25, 0.3) is 5.57 Å². The molecular weight excluding hydrogens is 219 g/mol. The van der Waals surface area contributed by atoms with E-state index in [-0.39, 0.29) is 0 Å². The van der Waals surface area contributed by atoms with Crippen LogP contribution >= 0.6 is 7.37 Å². The van der Waals surface area contributed by atoms with Crippen LogP contribution in [0.15, 0.2) is 42.7 Å². The first-order valence-corrected chi connectivity index (χ1v) is 7.17. The van der Waals surface area contributed by atoms with Gasteiger partial charge in [-0.3, -0.25) is 4.57 Å². The minimum atomic E-state index is -2.73. The Labute approximate surface area is 96.1 Å². The summed E-state index contributed by atoms with van der Waals surface area (Å²) in [4.78, 5) is 0. The van der Waals surface area contributed by atoms with E-state index in [1.165, 1.54) is 0 Å². The Bertz CT molecular complexity index is 514. The molecule has 1 aromatic rings. The molecule has 0 saturated carbocycles. The predicted molar refractivity (Wildman–Crippen MR) is 68.1 cm³/mol. The average molecular weight is 234 g/mol. The van der Waals surface area contributed by atoms with Crippen molar-refractivity contribution in [3.63, 3.8) is 0 Å². The summed E-state index contributed by atoms with van der Waals surface area (Å²) in [6.07, 6.45) is 2.44. The molecule has 3 heteroatoms. The highest BCUT2D eigenvalue weighted by Crippen LogP contribution is 2.54. The number of allylic oxidation sites excluding steroid dienone is 2. The van der Waals surface area contributed by atoms with Gasteiger partial charge in [0.25, 0.3) is 7.37 Å². The minimum absolute atomic E-state index is 0.500. The Morgan fingerprint density at radius 1 is 1.44 bits per heavy atom. The monoisotopic (exact) mass is 234 g/mol. The van der Waals surface area contributed by atoms with Crippen molar-refractivity contribution in [2.24, 2.45) is 0 Å². The number of hydrogen-bond donors (Lipinski definition) is 0. The summed E-state index contributed by atoms with van der Waals surface area (Å²) in [5, 5.41) is 0.818. The van der Waals surface area contributed by atoms with Crippen LogP contribution in [0.1, 0.15) is 19.4 Å². The number of fused-ring (bicyclic) bond motifs is 1. The molecule has 1 atom stereocenters. The Balaban J connectivity index is 2.73. The van der Waals surface area contributed by atoms with E-state index in [2.05, 4.69) is 6.58 Å². The maximum atomic E-state index is 12.6. The fourth-order valence-electron chi connectivity index (χ4n) is 1.98. The smallest absolute Gasteiger partial charge is 0.277 e. The fraction of sp³-hybridized carbons (Fsp3) is 0.231. The van der Waals surface area contributed by atoms with E-state index < -0.39 is 7.37 Å². The minimum Gasteiger partial charge on any atom is -0.440 e. The molecule has 0 saturated heterocycles. The van der Waals surface area contributed by atoms with Gasteiger partial charge in [0.05, 0.1) is 5.30 Å².